The van der Waals surface area contributed by atoms with Gasteiger partial charge in [0.15, 0.2) is 0 Å². The number of hydrogen-bond donors (Lipinski definition) is 0. The summed E-state index contributed by atoms with van der Waals surface area (Å²) in [5.41, 5.74) is 0.370. The summed E-state index contributed by atoms with van der Waals surface area (Å²) in [5.74, 6) is 0.113. The monoisotopic (exact) mass is 348 g/mol. The van der Waals surface area contributed by atoms with Crippen LogP contribution in [0.5, 0.6) is 0 Å². The zero-order chi connectivity index (χ0) is 18.2. The first kappa shape index (κ1) is 17.9. The van der Waals surface area contributed by atoms with Crippen molar-refractivity contribution in [3.8, 4) is 0 Å². The SMILES string of the molecule is COCCN1CC[C@]2(CN(C(C)=O)C[C@@H]2c2cn(C(C)C)cn2)C1=O. The van der Waals surface area contributed by atoms with Crippen molar-refractivity contribution >= 4 is 11.8 Å². The first-order valence-electron chi connectivity index (χ1n) is 8.96. The average Bonchev–Trinajstić information content (AvgIpc) is 3.26. The van der Waals surface area contributed by atoms with Crippen molar-refractivity contribution < 1.29 is 14.3 Å². The molecule has 7 nitrogen and oxygen atoms in total. The molecule has 7 heteroatoms. The third-order valence-electron chi connectivity index (χ3n) is 5.67. The Bertz CT molecular complexity index is 657. The molecule has 2 aliphatic heterocycles. The van der Waals surface area contributed by atoms with Crippen LogP contribution in [-0.2, 0) is 14.3 Å². The second kappa shape index (κ2) is 6.78. The molecule has 2 saturated heterocycles. The molecule has 2 amide bonds. The van der Waals surface area contributed by atoms with Gasteiger partial charge in [-0.1, -0.05) is 0 Å². The molecule has 3 heterocycles. The van der Waals surface area contributed by atoms with Crippen LogP contribution < -0.4 is 0 Å². The van der Waals surface area contributed by atoms with Gasteiger partial charge in [0.05, 0.1) is 24.0 Å². The topological polar surface area (TPSA) is 67.7 Å². The van der Waals surface area contributed by atoms with Crippen LogP contribution >= 0.6 is 0 Å². The first-order chi connectivity index (χ1) is 11.9. The lowest BCUT2D eigenvalue weighted by Gasteiger charge is -2.27. The molecule has 0 unspecified atom stereocenters. The second-order valence-electron chi connectivity index (χ2n) is 7.48. The van der Waals surface area contributed by atoms with Gasteiger partial charge in [0.2, 0.25) is 11.8 Å². The number of ether oxygens (including phenoxy) is 1. The van der Waals surface area contributed by atoms with Gasteiger partial charge in [0.1, 0.15) is 0 Å². The summed E-state index contributed by atoms with van der Waals surface area (Å²) >= 11 is 0. The van der Waals surface area contributed by atoms with Gasteiger partial charge in [-0.15, -0.1) is 0 Å². The molecule has 0 saturated carbocycles. The summed E-state index contributed by atoms with van der Waals surface area (Å²) in [6, 6.07) is 0.319. The van der Waals surface area contributed by atoms with Crippen molar-refractivity contribution in [3.05, 3.63) is 18.2 Å². The van der Waals surface area contributed by atoms with E-state index in [0.717, 1.165) is 18.7 Å². The largest absolute Gasteiger partial charge is 0.383 e. The van der Waals surface area contributed by atoms with Crippen LogP contribution in [0.3, 0.4) is 0 Å². The van der Waals surface area contributed by atoms with Crippen molar-refractivity contribution in [1.82, 2.24) is 19.4 Å². The highest BCUT2D eigenvalue weighted by atomic mass is 16.5. The number of methoxy groups -OCH3 is 1. The lowest BCUT2D eigenvalue weighted by Crippen LogP contribution is -2.41. The van der Waals surface area contributed by atoms with E-state index >= 15 is 0 Å². The van der Waals surface area contributed by atoms with Crippen LogP contribution in [0.25, 0.3) is 0 Å². The van der Waals surface area contributed by atoms with Gasteiger partial charge in [-0.3, -0.25) is 9.59 Å². The molecule has 0 aliphatic carbocycles. The lowest BCUT2D eigenvalue weighted by molar-refractivity contribution is -0.137. The van der Waals surface area contributed by atoms with E-state index in [-0.39, 0.29) is 17.7 Å². The molecule has 2 fully saturated rings. The van der Waals surface area contributed by atoms with E-state index in [1.54, 1.807) is 18.9 Å². The summed E-state index contributed by atoms with van der Waals surface area (Å²) in [6.45, 7) is 8.68. The average molecular weight is 348 g/mol. The predicted octanol–water partition coefficient (Wildman–Crippen LogP) is 1.27. The molecule has 3 rings (SSSR count). The van der Waals surface area contributed by atoms with Crippen LogP contribution in [0.15, 0.2) is 12.5 Å². The minimum atomic E-state index is -0.546. The van der Waals surface area contributed by atoms with Crippen molar-refractivity contribution in [3.63, 3.8) is 0 Å². The fraction of sp³-hybridized carbons (Fsp3) is 0.722. The van der Waals surface area contributed by atoms with Crippen molar-refractivity contribution in [2.75, 3.05) is 39.9 Å². The number of carbonyl (C=O) groups is 2. The number of likely N-dealkylation sites (tertiary alicyclic amines) is 2. The number of carbonyl (C=O) groups excluding carboxylic acids is 2. The van der Waals surface area contributed by atoms with Crippen LogP contribution in [-0.4, -0.2) is 71.1 Å². The van der Waals surface area contributed by atoms with E-state index in [2.05, 4.69) is 23.4 Å². The molecule has 2 aliphatic rings. The Morgan fingerprint density at radius 3 is 2.84 bits per heavy atom. The molecule has 1 spiro atoms. The Hall–Kier alpha value is -1.89. The minimum Gasteiger partial charge on any atom is -0.383 e. The number of aromatic nitrogens is 2. The Morgan fingerprint density at radius 1 is 1.48 bits per heavy atom. The highest BCUT2D eigenvalue weighted by molar-refractivity contribution is 5.88. The minimum absolute atomic E-state index is 0.0216. The van der Waals surface area contributed by atoms with Gasteiger partial charge in [0.25, 0.3) is 0 Å². The third-order valence-corrected chi connectivity index (χ3v) is 5.67. The Morgan fingerprint density at radius 2 is 2.24 bits per heavy atom. The molecule has 2 atom stereocenters. The molecular formula is C18H28N4O3. The van der Waals surface area contributed by atoms with Gasteiger partial charge in [-0.2, -0.15) is 0 Å². The van der Waals surface area contributed by atoms with Crippen molar-refractivity contribution in [1.29, 1.82) is 0 Å². The predicted molar refractivity (Wildman–Crippen MR) is 93.1 cm³/mol. The highest BCUT2D eigenvalue weighted by Crippen LogP contribution is 2.49. The van der Waals surface area contributed by atoms with E-state index in [1.165, 1.54) is 0 Å². The van der Waals surface area contributed by atoms with Crippen molar-refractivity contribution in [2.24, 2.45) is 5.41 Å². The summed E-state index contributed by atoms with van der Waals surface area (Å²) in [7, 11) is 1.64. The van der Waals surface area contributed by atoms with Gasteiger partial charge < -0.3 is 19.1 Å². The van der Waals surface area contributed by atoms with Gasteiger partial charge in [-0.05, 0) is 20.3 Å². The number of imidazole rings is 1. The highest BCUT2D eigenvalue weighted by Gasteiger charge is 2.58. The molecule has 25 heavy (non-hydrogen) atoms. The van der Waals surface area contributed by atoms with Crippen LogP contribution in [0, 0.1) is 5.41 Å². The Balaban J connectivity index is 1.91. The Kier molecular flexibility index (Phi) is 4.86. The van der Waals surface area contributed by atoms with E-state index in [1.807, 2.05) is 17.4 Å². The number of rotatable bonds is 5. The molecule has 0 radical (unpaired) electrons. The zero-order valence-electron chi connectivity index (χ0n) is 15.6. The fourth-order valence-electron chi connectivity index (χ4n) is 4.08. The molecule has 0 N–H and O–H groups in total. The molecule has 1 aromatic heterocycles. The molecule has 1 aromatic rings. The number of amides is 2. The van der Waals surface area contributed by atoms with E-state index in [4.69, 9.17) is 4.74 Å². The van der Waals surface area contributed by atoms with Crippen LogP contribution in [0.1, 0.15) is 44.8 Å². The van der Waals surface area contributed by atoms with Crippen LogP contribution in [0.4, 0.5) is 0 Å². The maximum Gasteiger partial charge on any atom is 0.231 e. The van der Waals surface area contributed by atoms with Gasteiger partial charge >= 0.3 is 0 Å². The molecule has 138 valence electrons. The normalized spacial score (nSPS) is 26.4. The second-order valence-corrected chi connectivity index (χ2v) is 7.48. The summed E-state index contributed by atoms with van der Waals surface area (Å²) < 4.78 is 7.19. The molecule has 0 aromatic carbocycles. The standard InChI is InChI=1S/C18H28N4O3/c1-13(2)22-10-16(19-12-22)15-9-21(14(3)23)11-18(15)5-6-20(17(18)24)7-8-25-4/h10,12-13,15H,5-9,11H2,1-4H3/t15-,18-/m1/s1. The van der Waals surface area contributed by atoms with E-state index in [9.17, 15) is 9.59 Å². The number of hydrogen-bond acceptors (Lipinski definition) is 4. The Labute approximate surface area is 148 Å². The van der Waals surface area contributed by atoms with Gasteiger partial charge in [-0.25, -0.2) is 4.98 Å². The third kappa shape index (κ3) is 3.05. The number of nitrogens with zero attached hydrogens (tertiary/aromatic N) is 4. The van der Waals surface area contributed by atoms with E-state index in [0.29, 0.717) is 32.3 Å². The van der Waals surface area contributed by atoms with Crippen LogP contribution in [0.2, 0.25) is 0 Å². The van der Waals surface area contributed by atoms with Gasteiger partial charge in [0, 0.05) is 58.4 Å². The summed E-state index contributed by atoms with van der Waals surface area (Å²) in [5, 5.41) is 0. The maximum absolute atomic E-state index is 13.2. The summed E-state index contributed by atoms with van der Waals surface area (Å²) in [4.78, 5) is 33.5. The molecule has 0 bridgehead atoms. The van der Waals surface area contributed by atoms with E-state index < -0.39 is 5.41 Å². The zero-order valence-corrected chi connectivity index (χ0v) is 15.6. The smallest absolute Gasteiger partial charge is 0.231 e. The first-order valence-corrected chi connectivity index (χ1v) is 8.96. The van der Waals surface area contributed by atoms with Crippen molar-refractivity contribution in [2.45, 2.75) is 39.2 Å². The summed E-state index contributed by atoms with van der Waals surface area (Å²) in [6.07, 6.45) is 4.62. The molecular weight excluding hydrogens is 320 g/mol. The maximum atomic E-state index is 13.2. The quantitative estimate of drug-likeness (QED) is 0.804. The fourth-order valence-corrected chi connectivity index (χ4v) is 4.08. The lowest BCUT2D eigenvalue weighted by atomic mass is 9.75.